The Bertz CT molecular complexity index is 525. The van der Waals surface area contributed by atoms with Crippen LogP contribution in [0.2, 0.25) is 0 Å². The summed E-state index contributed by atoms with van der Waals surface area (Å²) in [5, 5.41) is 15.2. The Kier molecular flexibility index (Phi) is 3.40. The molecular formula is C10H15N3O4S. The van der Waals surface area contributed by atoms with Gasteiger partial charge in [-0.3, -0.25) is 9.89 Å². The number of carboxylic acids is 1. The quantitative estimate of drug-likeness (QED) is 0.823. The molecule has 8 heteroatoms. The number of carboxylic acid groups (broad SMARTS) is 1. The van der Waals surface area contributed by atoms with E-state index in [1.165, 1.54) is 12.4 Å². The topological polar surface area (TPSA) is 103 Å². The van der Waals surface area contributed by atoms with Crippen LogP contribution in [0.5, 0.6) is 0 Å². The highest BCUT2D eigenvalue weighted by Crippen LogP contribution is 2.28. The molecule has 0 saturated carbocycles. The van der Waals surface area contributed by atoms with E-state index in [0.717, 1.165) is 4.31 Å². The van der Waals surface area contributed by atoms with Crippen molar-refractivity contribution < 1.29 is 18.3 Å². The van der Waals surface area contributed by atoms with Crippen molar-refractivity contribution >= 4 is 16.0 Å². The molecule has 1 aromatic heterocycles. The van der Waals surface area contributed by atoms with Crippen LogP contribution in [-0.4, -0.2) is 46.6 Å². The van der Waals surface area contributed by atoms with Crippen LogP contribution < -0.4 is 0 Å². The first-order valence-electron chi connectivity index (χ1n) is 5.66. The summed E-state index contributed by atoms with van der Waals surface area (Å²) in [5.74, 6) is -0.893. The fourth-order valence-electron chi connectivity index (χ4n) is 2.15. The van der Waals surface area contributed by atoms with Crippen molar-refractivity contribution in [3.05, 3.63) is 12.4 Å². The number of aromatic amines is 1. The van der Waals surface area contributed by atoms with Gasteiger partial charge in [-0.15, -0.1) is 0 Å². The normalized spacial score (nSPS) is 26.1. The Balaban J connectivity index is 2.34. The SMILES string of the molecule is CC1CCN(S(=O)(=O)c2cn[nH]c2)C(C(=O)O)C1. The molecule has 1 aromatic rings. The van der Waals surface area contributed by atoms with Gasteiger partial charge in [-0.1, -0.05) is 6.92 Å². The molecule has 1 saturated heterocycles. The number of hydrogen-bond donors (Lipinski definition) is 2. The highest BCUT2D eigenvalue weighted by molar-refractivity contribution is 7.89. The second-order valence-electron chi connectivity index (χ2n) is 4.53. The Morgan fingerprint density at radius 1 is 1.61 bits per heavy atom. The van der Waals surface area contributed by atoms with Crippen LogP contribution in [0, 0.1) is 5.92 Å². The van der Waals surface area contributed by atoms with E-state index in [-0.39, 0.29) is 17.4 Å². The predicted molar refractivity (Wildman–Crippen MR) is 62.3 cm³/mol. The zero-order valence-corrected chi connectivity index (χ0v) is 10.7. The summed E-state index contributed by atoms with van der Waals surface area (Å²) in [7, 11) is -3.78. The smallest absolute Gasteiger partial charge is 0.322 e. The van der Waals surface area contributed by atoms with Crippen LogP contribution in [0.15, 0.2) is 17.3 Å². The molecule has 2 heterocycles. The maximum absolute atomic E-state index is 12.3. The number of rotatable bonds is 3. The van der Waals surface area contributed by atoms with Gasteiger partial charge in [0, 0.05) is 12.7 Å². The van der Waals surface area contributed by atoms with Crippen molar-refractivity contribution in [2.24, 2.45) is 5.92 Å². The molecule has 2 rings (SSSR count). The predicted octanol–water partition coefficient (Wildman–Crippen LogP) is 0.283. The van der Waals surface area contributed by atoms with Crippen molar-refractivity contribution in [2.45, 2.75) is 30.7 Å². The first kappa shape index (κ1) is 13.0. The first-order chi connectivity index (χ1) is 8.43. The van der Waals surface area contributed by atoms with Gasteiger partial charge in [0.25, 0.3) is 0 Å². The molecule has 2 N–H and O–H groups in total. The van der Waals surface area contributed by atoms with Gasteiger partial charge in [0.1, 0.15) is 10.9 Å². The average molecular weight is 273 g/mol. The van der Waals surface area contributed by atoms with E-state index < -0.39 is 22.0 Å². The summed E-state index contributed by atoms with van der Waals surface area (Å²) in [4.78, 5) is 11.2. The zero-order chi connectivity index (χ0) is 13.3. The third-order valence-corrected chi connectivity index (χ3v) is 5.05. The lowest BCUT2D eigenvalue weighted by Gasteiger charge is -2.34. The van der Waals surface area contributed by atoms with E-state index >= 15 is 0 Å². The summed E-state index contributed by atoms with van der Waals surface area (Å²) in [5.41, 5.74) is 0. The lowest BCUT2D eigenvalue weighted by Crippen LogP contribution is -2.49. The molecule has 2 unspecified atom stereocenters. The maximum Gasteiger partial charge on any atom is 0.322 e. The van der Waals surface area contributed by atoms with Crippen LogP contribution in [0.1, 0.15) is 19.8 Å². The van der Waals surface area contributed by atoms with Gasteiger partial charge in [0.2, 0.25) is 10.0 Å². The highest BCUT2D eigenvalue weighted by Gasteiger charge is 2.39. The molecule has 1 aliphatic heterocycles. The van der Waals surface area contributed by atoms with Gasteiger partial charge in [0.15, 0.2) is 0 Å². The standard InChI is InChI=1S/C10H15N3O4S/c1-7-2-3-13(9(4-7)10(14)15)18(16,17)8-5-11-12-6-8/h5-7,9H,2-4H2,1H3,(H,11,12)(H,14,15). The van der Waals surface area contributed by atoms with Gasteiger partial charge < -0.3 is 5.11 Å². The van der Waals surface area contributed by atoms with Gasteiger partial charge in [-0.25, -0.2) is 8.42 Å². The molecule has 100 valence electrons. The largest absolute Gasteiger partial charge is 0.480 e. The average Bonchev–Trinajstić information content (AvgIpc) is 2.82. The van der Waals surface area contributed by atoms with Gasteiger partial charge in [-0.05, 0) is 18.8 Å². The van der Waals surface area contributed by atoms with Gasteiger partial charge >= 0.3 is 5.97 Å². The Morgan fingerprint density at radius 3 is 2.89 bits per heavy atom. The minimum atomic E-state index is -3.78. The second-order valence-corrected chi connectivity index (χ2v) is 6.42. The molecule has 18 heavy (non-hydrogen) atoms. The van der Waals surface area contributed by atoms with E-state index in [1.807, 2.05) is 6.92 Å². The summed E-state index contributed by atoms with van der Waals surface area (Å²) in [6.07, 6.45) is 3.45. The molecule has 0 spiro atoms. The number of aromatic nitrogens is 2. The number of aliphatic carboxylic acids is 1. The lowest BCUT2D eigenvalue weighted by atomic mass is 9.94. The van der Waals surface area contributed by atoms with E-state index in [4.69, 9.17) is 5.11 Å². The maximum atomic E-state index is 12.3. The Morgan fingerprint density at radius 2 is 2.33 bits per heavy atom. The van der Waals surface area contributed by atoms with Crippen molar-refractivity contribution in [3.8, 4) is 0 Å². The molecule has 0 bridgehead atoms. The van der Waals surface area contributed by atoms with Crippen LogP contribution in [0.3, 0.4) is 0 Å². The number of nitrogens with one attached hydrogen (secondary N) is 1. The lowest BCUT2D eigenvalue weighted by molar-refractivity contribution is -0.143. The molecule has 0 aliphatic carbocycles. The van der Waals surface area contributed by atoms with E-state index in [0.29, 0.717) is 12.8 Å². The van der Waals surface area contributed by atoms with E-state index in [1.54, 1.807) is 0 Å². The number of nitrogens with zero attached hydrogens (tertiary/aromatic N) is 2. The van der Waals surface area contributed by atoms with Crippen LogP contribution in [0.25, 0.3) is 0 Å². The highest BCUT2D eigenvalue weighted by atomic mass is 32.2. The molecular weight excluding hydrogens is 258 g/mol. The molecule has 0 amide bonds. The van der Waals surface area contributed by atoms with Crippen LogP contribution in [-0.2, 0) is 14.8 Å². The van der Waals surface area contributed by atoms with Crippen molar-refractivity contribution in [3.63, 3.8) is 0 Å². The van der Waals surface area contributed by atoms with Gasteiger partial charge in [0.05, 0.1) is 6.20 Å². The fourth-order valence-corrected chi connectivity index (χ4v) is 3.66. The molecule has 1 aliphatic rings. The zero-order valence-electron chi connectivity index (χ0n) is 9.91. The molecule has 0 radical (unpaired) electrons. The van der Waals surface area contributed by atoms with Crippen molar-refractivity contribution in [1.82, 2.24) is 14.5 Å². The number of H-pyrrole nitrogens is 1. The summed E-state index contributed by atoms with van der Waals surface area (Å²) >= 11 is 0. The second kappa shape index (κ2) is 4.69. The van der Waals surface area contributed by atoms with Crippen molar-refractivity contribution in [1.29, 1.82) is 0 Å². The van der Waals surface area contributed by atoms with Crippen LogP contribution in [0.4, 0.5) is 0 Å². The summed E-state index contributed by atoms with van der Waals surface area (Å²) in [6.45, 7) is 2.16. The van der Waals surface area contributed by atoms with Crippen LogP contribution >= 0.6 is 0 Å². The number of hydrogen-bond acceptors (Lipinski definition) is 4. The minimum Gasteiger partial charge on any atom is -0.480 e. The summed E-state index contributed by atoms with van der Waals surface area (Å²) < 4.78 is 25.6. The monoisotopic (exact) mass is 273 g/mol. The van der Waals surface area contributed by atoms with E-state index in [2.05, 4.69) is 10.2 Å². The third kappa shape index (κ3) is 2.25. The molecule has 2 atom stereocenters. The third-order valence-electron chi connectivity index (χ3n) is 3.18. The number of sulfonamides is 1. The molecule has 1 fully saturated rings. The van der Waals surface area contributed by atoms with Crippen molar-refractivity contribution in [2.75, 3.05) is 6.54 Å². The first-order valence-corrected chi connectivity index (χ1v) is 7.10. The Labute approximate surface area is 105 Å². The Hall–Kier alpha value is -1.41. The van der Waals surface area contributed by atoms with Gasteiger partial charge in [-0.2, -0.15) is 9.40 Å². The molecule has 7 nitrogen and oxygen atoms in total. The summed E-state index contributed by atoms with van der Waals surface area (Å²) in [6, 6.07) is -0.992. The fraction of sp³-hybridized carbons (Fsp3) is 0.600. The number of carbonyl (C=O) groups is 1. The molecule has 0 aromatic carbocycles. The van der Waals surface area contributed by atoms with E-state index in [9.17, 15) is 13.2 Å². The minimum absolute atomic E-state index is 0.00306. The number of piperidine rings is 1.